The van der Waals surface area contributed by atoms with Crippen molar-refractivity contribution >= 4 is 27.5 Å². The van der Waals surface area contributed by atoms with E-state index in [9.17, 15) is 22.4 Å². The monoisotopic (exact) mass is 595 g/mol. The minimum Gasteiger partial charge on any atom is -0.489 e. The maximum Gasteiger partial charge on any atom is 0.244 e. The fraction of sp³-hybridized carbons (Fsp3) is 0.375. The Morgan fingerprint density at radius 2 is 1.60 bits per heavy atom. The highest BCUT2D eigenvalue weighted by Gasteiger charge is 2.31. The van der Waals surface area contributed by atoms with Gasteiger partial charge in [0.05, 0.1) is 11.9 Å². The van der Waals surface area contributed by atoms with Crippen molar-refractivity contribution in [2.24, 2.45) is 0 Å². The minimum atomic E-state index is -3.89. The number of rotatable bonds is 12. The first-order valence-electron chi connectivity index (χ1n) is 14.2. The molecular weight excluding hydrogens is 557 g/mol. The molecule has 0 spiro atoms. The van der Waals surface area contributed by atoms with Gasteiger partial charge < -0.3 is 15.0 Å². The number of amides is 2. The Balaban J connectivity index is 1.52. The number of carbonyl (C=O) groups excluding carboxylic acids is 2. The molecule has 0 heterocycles. The predicted molar refractivity (Wildman–Crippen MR) is 161 cm³/mol. The van der Waals surface area contributed by atoms with Gasteiger partial charge in [-0.05, 0) is 55.7 Å². The van der Waals surface area contributed by atoms with Gasteiger partial charge in [0.1, 0.15) is 30.8 Å². The predicted octanol–water partition coefficient (Wildman–Crippen LogP) is 5.04. The maximum atomic E-state index is 14.6. The quantitative estimate of drug-likeness (QED) is 0.317. The van der Waals surface area contributed by atoms with Crippen molar-refractivity contribution in [1.29, 1.82) is 0 Å². The van der Waals surface area contributed by atoms with Crippen molar-refractivity contribution in [2.75, 3.05) is 17.1 Å². The summed E-state index contributed by atoms with van der Waals surface area (Å²) in [6, 6.07) is 21.1. The van der Waals surface area contributed by atoms with Crippen molar-refractivity contribution in [2.45, 2.75) is 64.3 Å². The van der Waals surface area contributed by atoms with E-state index in [1.165, 1.54) is 11.0 Å². The summed E-state index contributed by atoms with van der Waals surface area (Å²) in [5.41, 5.74) is 1.48. The molecule has 10 heteroatoms. The second-order valence-electron chi connectivity index (χ2n) is 10.7. The highest BCUT2D eigenvalue weighted by molar-refractivity contribution is 7.92. The highest BCUT2D eigenvalue weighted by Crippen LogP contribution is 2.24. The number of nitrogens with one attached hydrogen (secondary N) is 1. The average Bonchev–Trinajstić information content (AvgIpc) is 2.99. The van der Waals surface area contributed by atoms with Crippen LogP contribution < -0.4 is 14.4 Å². The second kappa shape index (κ2) is 14.3. The normalized spacial score (nSPS) is 14.5. The Bertz CT molecular complexity index is 1440. The molecule has 0 aromatic heterocycles. The standard InChI is InChI=1S/C32H38FN3O5S/c1-24(32(38)34-27-14-7-4-8-15-27)35(21-26-13-9-10-16-30(26)33)31(37)22-36(42(2,39)40)28-17-19-29(20-18-28)41-23-25-11-5-3-6-12-25/h3,5-6,9-13,16-20,24,27H,4,7-8,14-15,21-23H2,1-2H3,(H,34,38). The third kappa shape index (κ3) is 8.55. The summed E-state index contributed by atoms with van der Waals surface area (Å²) >= 11 is 0. The van der Waals surface area contributed by atoms with Gasteiger partial charge in [-0.25, -0.2) is 12.8 Å². The lowest BCUT2D eigenvalue weighted by Gasteiger charge is -2.33. The van der Waals surface area contributed by atoms with E-state index in [1.807, 2.05) is 30.3 Å². The third-order valence-electron chi connectivity index (χ3n) is 7.47. The molecular formula is C32H38FN3O5S. The zero-order valence-corrected chi connectivity index (χ0v) is 24.9. The van der Waals surface area contributed by atoms with Gasteiger partial charge in [0.15, 0.2) is 0 Å². The molecule has 42 heavy (non-hydrogen) atoms. The largest absolute Gasteiger partial charge is 0.489 e. The second-order valence-corrected chi connectivity index (χ2v) is 12.6. The molecule has 4 rings (SSSR count). The summed E-state index contributed by atoms with van der Waals surface area (Å²) in [5, 5.41) is 3.03. The first kappa shape index (κ1) is 31.0. The van der Waals surface area contributed by atoms with Crippen LogP contribution >= 0.6 is 0 Å². The zero-order valence-electron chi connectivity index (χ0n) is 24.0. The molecule has 224 valence electrons. The Kier molecular flexibility index (Phi) is 10.6. The molecule has 0 bridgehead atoms. The Morgan fingerprint density at radius 1 is 0.952 bits per heavy atom. The van der Waals surface area contributed by atoms with Crippen LogP contribution in [0.25, 0.3) is 0 Å². The molecule has 8 nitrogen and oxygen atoms in total. The van der Waals surface area contributed by atoms with Crippen LogP contribution in [0.4, 0.5) is 10.1 Å². The molecule has 2 amide bonds. The lowest BCUT2D eigenvalue weighted by Crippen LogP contribution is -2.53. The number of hydrogen-bond acceptors (Lipinski definition) is 5. The smallest absolute Gasteiger partial charge is 0.244 e. The van der Waals surface area contributed by atoms with Crippen LogP contribution in [0, 0.1) is 5.82 Å². The molecule has 0 saturated heterocycles. The van der Waals surface area contributed by atoms with E-state index in [2.05, 4.69) is 5.32 Å². The van der Waals surface area contributed by atoms with Crippen LogP contribution in [0.3, 0.4) is 0 Å². The van der Waals surface area contributed by atoms with Gasteiger partial charge in [-0.15, -0.1) is 0 Å². The summed E-state index contributed by atoms with van der Waals surface area (Å²) in [5.74, 6) is -0.949. The molecule has 1 atom stereocenters. The van der Waals surface area contributed by atoms with Crippen molar-refractivity contribution in [3.05, 3.63) is 95.8 Å². The number of benzene rings is 3. The van der Waals surface area contributed by atoms with Crippen LogP contribution in [0.1, 0.15) is 50.2 Å². The van der Waals surface area contributed by atoms with Crippen LogP contribution in [0.15, 0.2) is 78.9 Å². The third-order valence-corrected chi connectivity index (χ3v) is 8.61. The molecule has 1 aliphatic rings. The number of nitrogens with zero attached hydrogens (tertiary/aromatic N) is 2. The number of hydrogen-bond donors (Lipinski definition) is 1. The van der Waals surface area contributed by atoms with E-state index in [1.54, 1.807) is 49.4 Å². The Labute approximate surface area is 247 Å². The number of halogens is 1. The number of ether oxygens (including phenoxy) is 1. The Morgan fingerprint density at radius 3 is 2.24 bits per heavy atom. The Hall–Kier alpha value is -3.92. The van der Waals surface area contributed by atoms with Crippen LogP contribution in [-0.4, -0.2) is 50.0 Å². The van der Waals surface area contributed by atoms with E-state index in [4.69, 9.17) is 4.74 Å². The van der Waals surface area contributed by atoms with Crippen LogP contribution in [0.2, 0.25) is 0 Å². The molecule has 1 N–H and O–H groups in total. The van der Waals surface area contributed by atoms with Crippen LogP contribution in [0.5, 0.6) is 5.75 Å². The van der Waals surface area contributed by atoms with E-state index in [0.29, 0.717) is 12.4 Å². The van der Waals surface area contributed by atoms with E-state index < -0.39 is 34.3 Å². The van der Waals surface area contributed by atoms with E-state index in [0.717, 1.165) is 48.2 Å². The molecule has 1 saturated carbocycles. The van der Waals surface area contributed by atoms with E-state index in [-0.39, 0.29) is 29.7 Å². The summed E-state index contributed by atoms with van der Waals surface area (Å²) in [6.45, 7) is 1.19. The van der Waals surface area contributed by atoms with Gasteiger partial charge in [-0.3, -0.25) is 13.9 Å². The van der Waals surface area contributed by atoms with Gasteiger partial charge in [0, 0.05) is 18.2 Å². The first-order valence-corrected chi connectivity index (χ1v) is 16.0. The maximum absolute atomic E-state index is 14.6. The molecule has 3 aromatic carbocycles. The summed E-state index contributed by atoms with van der Waals surface area (Å²) in [7, 11) is -3.89. The summed E-state index contributed by atoms with van der Waals surface area (Å²) < 4.78 is 47.1. The van der Waals surface area contributed by atoms with Gasteiger partial charge in [-0.1, -0.05) is 67.8 Å². The van der Waals surface area contributed by atoms with E-state index >= 15 is 0 Å². The fourth-order valence-corrected chi connectivity index (χ4v) is 5.87. The van der Waals surface area contributed by atoms with Gasteiger partial charge in [0.2, 0.25) is 21.8 Å². The van der Waals surface area contributed by atoms with Crippen molar-refractivity contribution < 1.29 is 27.1 Å². The number of carbonyl (C=O) groups is 2. The summed E-state index contributed by atoms with van der Waals surface area (Å²) in [6.07, 6.45) is 5.92. The fourth-order valence-electron chi connectivity index (χ4n) is 5.02. The van der Waals surface area contributed by atoms with Crippen molar-refractivity contribution in [3.63, 3.8) is 0 Å². The first-order chi connectivity index (χ1) is 20.1. The molecule has 0 aliphatic heterocycles. The molecule has 1 aliphatic carbocycles. The van der Waals surface area contributed by atoms with Crippen LogP contribution in [-0.2, 0) is 32.8 Å². The number of anilines is 1. The molecule has 1 unspecified atom stereocenters. The average molecular weight is 596 g/mol. The lowest BCUT2D eigenvalue weighted by molar-refractivity contribution is -0.139. The zero-order chi connectivity index (χ0) is 30.1. The SMILES string of the molecule is CC(C(=O)NC1CCCCC1)N(Cc1ccccc1F)C(=O)CN(c1ccc(OCc2ccccc2)cc1)S(C)(=O)=O. The molecule has 0 radical (unpaired) electrons. The lowest BCUT2D eigenvalue weighted by atomic mass is 9.95. The van der Waals surface area contributed by atoms with Gasteiger partial charge in [-0.2, -0.15) is 0 Å². The molecule has 1 fully saturated rings. The topological polar surface area (TPSA) is 96.0 Å². The van der Waals surface area contributed by atoms with Crippen molar-refractivity contribution in [1.82, 2.24) is 10.2 Å². The van der Waals surface area contributed by atoms with Gasteiger partial charge in [0.25, 0.3) is 0 Å². The summed E-state index contributed by atoms with van der Waals surface area (Å²) in [4.78, 5) is 28.2. The number of sulfonamides is 1. The minimum absolute atomic E-state index is 0.0225. The van der Waals surface area contributed by atoms with Gasteiger partial charge >= 0.3 is 0 Å². The highest BCUT2D eigenvalue weighted by atomic mass is 32.2. The molecule has 3 aromatic rings. The van der Waals surface area contributed by atoms with Crippen molar-refractivity contribution in [3.8, 4) is 5.75 Å².